The van der Waals surface area contributed by atoms with Crippen LogP contribution < -0.4 is 5.32 Å². The fourth-order valence-corrected chi connectivity index (χ4v) is 4.32. The van der Waals surface area contributed by atoms with E-state index >= 15 is 0 Å². The second-order valence-corrected chi connectivity index (χ2v) is 7.45. The molecule has 2 aliphatic rings. The van der Waals surface area contributed by atoms with Crippen molar-refractivity contribution in [3.05, 3.63) is 79.3 Å². The summed E-state index contributed by atoms with van der Waals surface area (Å²) in [6, 6.07) is 9.12. The van der Waals surface area contributed by atoms with Gasteiger partial charge in [-0.15, -0.1) is 0 Å². The number of fused-ring (bicyclic) bond motifs is 3. The van der Waals surface area contributed by atoms with Crippen molar-refractivity contribution in [3.8, 4) is 0 Å². The van der Waals surface area contributed by atoms with Gasteiger partial charge >= 0.3 is 0 Å². The third kappa shape index (κ3) is 2.70. The number of nitrogens with zero attached hydrogens (tertiary/aromatic N) is 1. The summed E-state index contributed by atoms with van der Waals surface area (Å²) in [7, 11) is 0. The number of rotatable bonds is 2. The van der Waals surface area contributed by atoms with E-state index in [4.69, 9.17) is 23.2 Å². The van der Waals surface area contributed by atoms with E-state index in [1.54, 1.807) is 12.1 Å². The Labute approximate surface area is 155 Å². The maximum absolute atomic E-state index is 11.2. The van der Waals surface area contributed by atoms with Crippen molar-refractivity contribution >= 4 is 34.6 Å². The molecule has 0 saturated heterocycles. The smallest absolute Gasteiger partial charge is 0.270 e. The zero-order valence-corrected chi connectivity index (χ0v) is 15.0. The number of anilines is 1. The zero-order chi connectivity index (χ0) is 17.7. The summed E-state index contributed by atoms with van der Waals surface area (Å²) in [6.45, 7) is 1.91. The van der Waals surface area contributed by atoms with Gasteiger partial charge in [-0.25, -0.2) is 0 Å². The van der Waals surface area contributed by atoms with Crippen molar-refractivity contribution in [1.29, 1.82) is 0 Å². The lowest BCUT2D eigenvalue weighted by atomic mass is 9.76. The summed E-state index contributed by atoms with van der Waals surface area (Å²) < 4.78 is 0. The normalized spacial score (nSPS) is 23.7. The molecular formula is C19H16Cl2N2O2. The molecule has 0 spiro atoms. The molecule has 3 atom stereocenters. The van der Waals surface area contributed by atoms with Crippen LogP contribution in [0.4, 0.5) is 11.4 Å². The molecule has 1 N–H and O–H groups in total. The average molecular weight is 375 g/mol. The van der Waals surface area contributed by atoms with Gasteiger partial charge in [0.2, 0.25) is 0 Å². The Hall–Kier alpha value is -2.04. The highest BCUT2D eigenvalue weighted by molar-refractivity contribution is 6.42. The summed E-state index contributed by atoms with van der Waals surface area (Å²) in [5.41, 5.74) is 4.09. The molecule has 2 aromatic rings. The number of aryl methyl sites for hydroxylation is 1. The standard InChI is InChI=1S/C19H16Cl2N2O2/c1-10-7-12(23(24)25)9-15-13-3-2-4-14(13)19(22-18(10)15)11-5-6-16(20)17(21)8-11/h2-3,5-9,13-14,19,22H,4H2,1H3/t13-,14+,19-/m1/s1. The molecule has 4 nitrogen and oxygen atoms in total. The predicted molar refractivity (Wildman–Crippen MR) is 101 cm³/mol. The van der Waals surface area contributed by atoms with Crippen molar-refractivity contribution in [2.75, 3.05) is 5.32 Å². The van der Waals surface area contributed by atoms with Gasteiger partial charge < -0.3 is 5.32 Å². The van der Waals surface area contributed by atoms with Gasteiger partial charge in [-0.3, -0.25) is 10.1 Å². The summed E-state index contributed by atoms with van der Waals surface area (Å²) in [5.74, 6) is 0.459. The molecule has 0 aromatic heterocycles. The minimum Gasteiger partial charge on any atom is -0.377 e. The molecule has 0 unspecified atom stereocenters. The van der Waals surface area contributed by atoms with Crippen molar-refractivity contribution in [1.82, 2.24) is 0 Å². The Morgan fingerprint density at radius 2 is 2.00 bits per heavy atom. The Morgan fingerprint density at radius 3 is 2.72 bits per heavy atom. The Balaban J connectivity index is 1.82. The summed E-state index contributed by atoms with van der Waals surface area (Å²) in [4.78, 5) is 10.9. The number of nitro groups is 1. The van der Waals surface area contributed by atoms with Gasteiger partial charge in [0.05, 0.1) is 21.0 Å². The van der Waals surface area contributed by atoms with E-state index in [2.05, 4.69) is 17.5 Å². The van der Waals surface area contributed by atoms with Gasteiger partial charge in [0, 0.05) is 23.7 Å². The number of nitro benzene ring substituents is 1. The Kier molecular flexibility index (Phi) is 3.97. The van der Waals surface area contributed by atoms with Crippen molar-refractivity contribution in [3.63, 3.8) is 0 Å². The molecule has 4 rings (SSSR count). The first kappa shape index (κ1) is 16.4. The van der Waals surface area contributed by atoms with Crippen molar-refractivity contribution < 1.29 is 4.92 Å². The van der Waals surface area contributed by atoms with E-state index < -0.39 is 0 Å². The lowest BCUT2D eigenvalue weighted by molar-refractivity contribution is -0.385. The first-order chi connectivity index (χ1) is 12.0. The second kappa shape index (κ2) is 6.04. The van der Waals surface area contributed by atoms with E-state index in [0.29, 0.717) is 16.0 Å². The summed E-state index contributed by atoms with van der Waals surface area (Å²) in [5, 5.41) is 15.9. The minimum absolute atomic E-state index is 0.0856. The fourth-order valence-electron chi connectivity index (χ4n) is 4.01. The highest BCUT2D eigenvalue weighted by Crippen LogP contribution is 2.51. The third-order valence-corrected chi connectivity index (χ3v) is 5.90. The summed E-state index contributed by atoms with van der Waals surface area (Å²) >= 11 is 12.3. The van der Waals surface area contributed by atoms with Crippen LogP contribution in [0.25, 0.3) is 0 Å². The van der Waals surface area contributed by atoms with Crippen LogP contribution in [0.5, 0.6) is 0 Å². The van der Waals surface area contributed by atoms with Gasteiger partial charge in [0.25, 0.3) is 5.69 Å². The maximum atomic E-state index is 11.2. The van der Waals surface area contributed by atoms with Gasteiger partial charge in [-0.05, 0) is 48.1 Å². The molecule has 0 bridgehead atoms. The fraction of sp³-hybridized carbons (Fsp3) is 0.263. The van der Waals surface area contributed by atoms with Crippen LogP contribution in [-0.4, -0.2) is 4.92 Å². The average Bonchev–Trinajstić information content (AvgIpc) is 3.06. The van der Waals surface area contributed by atoms with Crippen LogP contribution >= 0.6 is 23.2 Å². The lowest BCUT2D eigenvalue weighted by Crippen LogP contribution is -2.29. The second-order valence-electron chi connectivity index (χ2n) is 6.63. The molecular weight excluding hydrogens is 359 g/mol. The highest BCUT2D eigenvalue weighted by atomic mass is 35.5. The molecule has 1 heterocycles. The lowest BCUT2D eigenvalue weighted by Gasteiger charge is -2.38. The van der Waals surface area contributed by atoms with Crippen molar-refractivity contribution in [2.45, 2.75) is 25.3 Å². The first-order valence-electron chi connectivity index (χ1n) is 8.13. The highest BCUT2D eigenvalue weighted by Gasteiger charge is 2.39. The monoisotopic (exact) mass is 374 g/mol. The third-order valence-electron chi connectivity index (χ3n) is 5.16. The topological polar surface area (TPSA) is 55.2 Å². The molecule has 1 aliphatic carbocycles. The number of benzene rings is 2. The number of hydrogen-bond donors (Lipinski definition) is 1. The molecule has 128 valence electrons. The minimum atomic E-state index is -0.327. The molecule has 0 amide bonds. The van der Waals surface area contributed by atoms with E-state index in [1.165, 1.54) is 0 Å². The Morgan fingerprint density at radius 1 is 1.20 bits per heavy atom. The van der Waals surface area contributed by atoms with Crippen LogP contribution in [-0.2, 0) is 0 Å². The van der Waals surface area contributed by atoms with Gasteiger partial charge in [0.1, 0.15) is 0 Å². The first-order valence-corrected chi connectivity index (χ1v) is 8.88. The summed E-state index contributed by atoms with van der Waals surface area (Å²) in [6.07, 6.45) is 5.24. The van der Waals surface area contributed by atoms with Gasteiger partial charge in [0.15, 0.2) is 0 Å². The van der Waals surface area contributed by atoms with E-state index in [9.17, 15) is 10.1 Å². The maximum Gasteiger partial charge on any atom is 0.270 e. The van der Waals surface area contributed by atoms with E-state index in [1.807, 2.05) is 25.1 Å². The molecule has 6 heteroatoms. The van der Waals surface area contributed by atoms with Crippen LogP contribution in [0.3, 0.4) is 0 Å². The van der Waals surface area contributed by atoms with Crippen LogP contribution in [0.15, 0.2) is 42.5 Å². The SMILES string of the molecule is Cc1cc([N+](=O)[O-])cc2c1N[C@H](c1ccc(Cl)c(Cl)c1)[C@H]1CC=C[C@@H]21. The van der Waals surface area contributed by atoms with Crippen LogP contribution in [0.2, 0.25) is 10.0 Å². The molecule has 2 aromatic carbocycles. The zero-order valence-electron chi connectivity index (χ0n) is 13.5. The van der Waals surface area contributed by atoms with Gasteiger partial charge in [-0.2, -0.15) is 0 Å². The van der Waals surface area contributed by atoms with E-state index in [-0.39, 0.29) is 22.6 Å². The molecule has 0 fully saturated rings. The molecule has 1 aliphatic heterocycles. The number of halogens is 2. The number of nitrogens with one attached hydrogen (secondary N) is 1. The van der Waals surface area contributed by atoms with Crippen LogP contribution in [0.1, 0.15) is 35.1 Å². The van der Waals surface area contributed by atoms with Gasteiger partial charge in [-0.1, -0.05) is 41.4 Å². The molecule has 0 saturated carbocycles. The number of non-ortho nitro benzene ring substituents is 1. The van der Waals surface area contributed by atoms with Crippen LogP contribution in [0, 0.1) is 23.0 Å². The molecule has 0 radical (unpaired) electrons. The quantitative estimate of drug-likeness (QED) is 0.396. The van der Waals surface area contributed by atoms with E-state index in [0.717, 1.165) is 28.8 Å². The predicted octanol–water partition coefficient (Wildman–Crippen LogP) is 6.04. The largest absolute Gasteiger partial charge is 0.377 e. The van der Waals surface area contributed by atoms with Crippen molar-refractivity contribution in [2.24, 2.45) is 5.92 Å². The number of allylic oxidation sites excluding steroid dienone is 2. The Bertz CT molecular complexity index is 911. The molecule has 25 heavy (non-hydrogen) atoms. The number of hydrogen-bond acceptors (Lipinski definition) is 3.